The molecule has 0 amide bonds. The normalized spacial score (nSPS) is 11.6. The molecule has 1 aromatic heterocycles. The van der Waals surface area contributed by atoms with Crippen LogP contribution in [-0.4, -0.2) is 41.9 Å². The second-order valence-corrected chi connectivity index (χ2v) is 4.26. The van der Waals surface area contributed by atoms with Crippen LogP contribution in [0.3, 0.4) is 0 Å². The van der Waals surface area contributed by atoms with Crippen molar-refractivity contribution >= 4 is 0 Å². The van der Waals surface area contributed by atoms with E-state index in [1.165, 1.54) is 5.56 Å². The third-order valence-corrected chi connectivity index (χ3v) is 2.38. The van der Waals surface area contributed by atoms with Crippen molar-refractivity contribution in [3.05, 3.63) is 18.0 Å². The second-order valence-electron chi connectivity index (χ2n) is 4.26. The monoisotopic (exact) mass is 210 g/mol. The Hall–Kier alpha value is -0.870. The van der Waals surface area contributed by atoms with Crippen LogP contribution in [0.25, 0.3) is 0 Å². The molecule has 0 saturated carbocycles. The fraction of sp³-hybridized carbons (Fsp3) is 0.727. The van der Waals surface area contributed by atoms with E-state index in [2.05, 4.69) is 42.4 Å². The summed E-state index contributed by atoms with van der Waals surface area (Å²) in [5, 5.41) is 7.47. The second kappa shape index (κ2) is 5.88. The van der Waals surface area contributed by atoms with E-state index in [-0.39, 0.29) is 0 Å². The van der Waals surface area contributed by atoms with Crippen LogP contribution >= 0.6 is 0 Å². The van der Waals surface area contributed by atoms with E-state index < -0.39 is 0 Å². The highest BCUT2D eigenvalue weighted by atomic mass is 15.3. The lowest BCUT2D eigenvalue weighted by atomic mass is 10.3. The first-order valence-corrected chi connectivity index (χ1v) is 5.49. The van der Waals surface area contributed by atoms with Gasteiger partial charge in [-0.05, 0) is 27.9 Å². The van der Waals surface area contributed by atoms with Gasteiger partial charge in [-0.2, -0.15) is 5.10 Å². The molecule has 1 rings (SSSR count). The molecule has 4 nitrogen and oxygen atoms in total. The van der Waals surface area contributed by atoms with Crippen LogP contribution in [0.15, 0.2) is 12.4 Å². The summed E-state index contributed by atoms with van der Waals surface area (Å²) in [5.41, 5.74) is 1.28. The predicted molar refractivity (Wildman–Crippen MR) is 62.9 cm³/mol. The molecule has 15 heavy (non-hydrogen) atoms. The van der Waals surface area contributed by atoms with Crippen molar-refractivity contribution in [2.24, 2.45) is 0 Å². The molecule has 0 spiro atoms. The molecular weight excluding hydrogens is 188 g/mol. The van der Waals surface area contributed by atoms with Crippen molar-refractivity contribution < 1.29 is 0 Å². The van der Waals surface area contributed by atoms with Crippen LogP contribution in [0, 0.1) is 0 Å². The van der Waals surface area contributed by atoms with Crippen LogP contribution in [0.5, 0.6) is 0 Å². The van der Waals surface area contributed by atoms with Gasteiger partial charge in [0.25, 0.3) is 0 Å². The Morgan fingerprint density at radius 1 is 1.53 bits per heavy atom. The van der Waals surface area contributed by atoms with Gasteiger partial charge in [0, 0.05) is 37.4 Å². The first-order valence-electron chi connectivity index (χ1n) is 5.49. The number of nitrogens with one attached hydrogen (secondary N) is 1. The molecule has 0 fully saturated rings. The lowest BCUT2D eigenvalue weighted by molar-refractivity contribution is 0.328. The first-order chi connectivity index (χ1) is 7.13. The minimum Gasteiger partial charge on any atom is -0.318 e. The van der Waals surface area contributed by atoms with Gasteiger partial charge >= 0.3 is 0 Å². The van der Waals surface area contributed by atoms with E-state index in [1.807, 2.05) is 17.9 Å². The van der Waals surface area contributed by atoms with Gasteiger partial charge in [-0.3, -0.25) is 4.68 Å². The number of hydrogen-bond donors (Lipinski definition) is 1. The summed E-state index contributed by atoms with van der Waals surface area (Å²) in [6, 6.07) is 0.446. The standard InChI is InChI=1S/C11H22N4/c1-10(2)15-9-11(7-13-15)8-14(4)6-5-12-3/h7,9-10,12H,5-6,8H2,1-4H3. The molecule has 0 bridgehead atoms. The molecule has 0 radical (unpaired) electrons. The van der Waals surface area contributed by atoms with Crippen LogP contribution in [0.1, 0.15) is 25.5 Å². The molecule has 1 heterocycles. The first kappa shape index (κ1) is 12.2. The number of likely N-dealkylation sites (N-methyl/N-ethyl adjacent to an activating group) is 2. The molecule has 0 aliphatic heterocycles. The van der Waals surface area contributed by atoms with Crippen molar-refractivity contribution in [1.29, 1.82) is 0 Å². The van der Waals surface area contributed by atoms with Gasteiger partial charge in [0.2, 0.25) is 0 Å². The highest BCUT2D eigenvalue weighted by Crippen LogP contribution is 2.06. The molecule has 0 atom stereocenters. The molecule has 4 heteroatoms. The topological polar surface area (TPSA) is 33.1 Å². The Kier molecular flexibility index (Phi) is 4.78. The Morgan fingerprint density at radius 3 is 2.80 bits per heavy atom. The SMILES string of the molecule is CNCCN(C)Cc1cnn(C(C)C)c1. The molecule has 0 unspecified atom stereocenters. The summed E-state index contributed by atoms with van der Waals surface area (Å²) in [6.45, 7) is 7.33. The maximum atomic E-state index is 4.32. The predicted octanol–water partition coefficient (Wildman–Crippen LogP) is 1.12. The molecule has 0 aliphatic carbocycles. The van der Waals surface area contributed by atoms with Gasteiger partial charge in [0.1, 0.15) is 0 Å². The van der Waals surface area contributed by atoms with E-state index in [0.717, 1.165) is 19.6 Å². The average molecular weight is 210 g/mol. The van der Waals surface area contributed by atoms with E-state index in [0.29, 0.717) is 6.04 Å². The van der Waals surface area contributed by atoms with E-state index in [1.54, 1.807) is 0 Å². The molecular formula is C11H22N4. The maximum absolute atomic E-state index is 4.32. The van der Waals surface area contributed by atoms with Crippen molar-refractivity contribution in [2.45, 2.75) is 26.4 Å². The minimum absolute atomic E-state index is 0.446. The van der Waals surface area contributed by atoms with Crippen LogP contribution in [-0.2, 0) is 6.54 Å². The molecule has 1 aromatic rings. The van der Waals surface area contributed by atoms with Gasteiger partial charge in [0.05, 0.1) is 6.20 Å². The van der Waals surface area contributed by atoms with Gasteiger partial charge < -0.3 is 10.2 Å². The smallest absolute Gasteiger partial charge is 0.0534 e. The molecule has 0 saturated heterocycles. The van der Waals surface area contributed by atoms with E-state index in [9.17, 15) is 0 Å². The lowest BCUT2D eigenvalue weighted by Crippen LogP contribution is -2.26. The van der Waals surface area contributed by atoms with Gasteiger partial charge in [-0.1, -0.05) is 0 Å². The number of aromatic nitrogens is 2. The Labute approximate surface area is 92.3 Å². The summed E-state index contributed by atoms with van der Waals surface area (Å²) in [5.74, 6) is 0. The zero-order chi connectivity index (χ0) is 11.3. The number of rotatable bonds is 6. The fourth-order valence-corrected chi connectivity index (χ4v) is 1.43. The summed E-state index contributed by atoms with van der Waals surface area (Å²) in [4.78, 5) is 2.29. The van der Waals surface area contributed by atoms with Crippen molar-refractivity contribution in [2.75, 3.05) is 27.2 Å². The fourth-order valence-electron chi connectivity index (χ4n) is 1.43. The van der Waals surface area contributed by atoms with Crippen molar-refractivity contribution in [1.82, 2.24) is 20.0 Å². The van der Waals surface area contributed by atoms with Gasteiger partial charge in [0.15, 0.2) is 0 Å². The van der Waals surface area contributed by atoms with Crippen LogP contribution in [0.2, 0.25) is 0 Å². The summed E-state index contributed by atoms with van der Waals surface area (Å²) in [6.07, 6.45) is 4.08. The molecule has 0 aliphatic rings. The van der Waals surface area contributed by atoms with Crippen molar-refractivity contribution in [3.63, 3.8) is 0 Å². The number of nitrogens with zero attached hydrogens (tertiary/aromatic N) is 3. The molecule has 86 valence electrons. The van der Waals surface area contributed by atoms with Crippen molar-refractivity contribution in [3.8, 4) is 0 Å². The third-order valence-electron chi connectivity index (χ3n) is 2.38. The highest BCUT2D eigenvalue weighted by Gasteiger charge is 2.04. The average Bonchev–Trinajstić information content (AvgIpc) is 2.63. The zero-order valence-corrected chi connectivity index (χ0v) is 10.2. The van der Waals surface area contributed by atoms with E-state index >= 15 is 0 Å². The third kappa shape index (κ3) is 4.01. The summed E-state index contributed by atoms with van der Waals surface area (Å²) < 4.78 is 2.00. The Bertz CT molecular complexity index is 280. The summed E-state index contributed by atoms with van der Waals surface area (Å²) >= 11 is 0. The van der Waals surface area contributed by atoms with Crippen LogP contribution < -0.4 is 5.32 Å². The maximum Gasteiger partial charge on any atom is 0.0534 e. The largest absolute Gasteiger partial charge is 0.318 e. The molecule has 1 N–H and O–H groups in total. The van der Waals surface area contributed by atoms with Gasteiger partial charge in [-0.25, -0.2) is 0 Å². The quantitative estimate of drug-likeness (QED) is 0.763. The Morgan fingerprint density at radius 2 is 2.27 bits per heavy atom. The zero-order valence-electron chi connectivity index (χ0n) is 10.2. The highest BCUT2D eigenvalue weighted by molar-refractivity contribution is 5.03. The van der Waals surface area contributed by atoms with E-state index in [4.69, 9.17) is 0 Å². The Balaban J connectivity index is 2.42. The summed E-state index contributed by atoms with van der Waals surface area (Å²) in [7, 11) is 4.11. The van der Waals surface area contributed by atoms with Gasteiger partial charge in [-0.15, -0.1) is 0 Å². The number of hydrogen-bond acceptors (Lipinski definition) is 3. The van der Waals surface area contributed by atoms with Crippen LogP contribution in [0.4, 0.5) is 0 Å². The molecule has 0 aromatic carbocycles. The lowest BCUT2D eigenvalue weighted by Gasteiger charge is -2.14. The minimum atomic E-state index is 0.446.